The molecule has 1 aromatic rings. The monoisotopic (exact) mass is 250 g/mol. The lowest BCUT2D eigenvalue weighted by Crippen LogP contribution is -2.09. The van der Waals surface area contributed by atoms with E-state index in [1.165, 1.54) is 0 Å². The molecule has 2 radical (unpaired) electrons. The lowest BCUT2D eigenvalue weighted by Gasteiger charge is -2.06. The molecule has 0 N–H and O–H groups in total. The lowest BCUT2D eigenvalue weighted by atomic mass is 10.2. The Morgan fingerprint density at radius 1 is 1.17 bits per heavy atom. The van der Waals surface area contributed by atoms with E-state index in [-0.39, 0.29) is 0 Å². The minimum absolute atomic E-state index is 0.511. The standard InChI is InChI=1S/C14H18O4/c1-15-8-7-13-3-5-14(6-4-13)18-12-11-17-10-9-16-2/h3,5-7H,9-12H2,1-2H3. The zero-order valence-corrected chi connectivity index (χ0v) is 10.8. The summed E-state index contributed by atoms with van der Waals surface area (Å²) in [6.45, 7) is 2.24. The van der Waals surface area contributed by atoms with Crippen LogP contribution in [0.1, 0.15) is 5.56 Å². The summed E-state index contributed by atoms with van der Waals surface area (Å²) < 4.78 is 20.3. The third-order valence-corrected chi connectivity index (χ3v) is 2.07. The Morgan fingerprint density at radius 2 is 2.00 bits per heavy atom. The summed E-state index contributed by atoms with van der Waals surface area (Å²) in [6.07, 6.45) is 4.33. The third kappa shape index (κ3) is 6.27. The van der Waals surface area contributed by atoms with Gasteiger partial charge in [0.05, 0.1) is 26.9 Å². The van der Waals surface area contributed by atoms with Crippen molar-refractivity contribution in [3.8, 4) is 5.75 Å². The van der Waals surface area contributed by atoms with E-state index in [1.807, 2.05) is 12.1 Å². The molecule has 0 fully saturated rings. The van der Waals surface area contributed by atoms with Crippen LogP contribution < -0.4 is 4.74 Å². The van der Waals surface area contributed by atoms with Gasteiger partial charge in [-0.05, 0) is 29.8 Å². The largest absolute Gasteiger partial charge is 0.493 e. The van der Waals surface area contributed by atoms with Crippen LogP contribution in [-0.2, 0) is 14.2 Å². The fraction of sp³-hybridized carbons (Fsp3) is 0.429. The molecule has 0 atom stereocenters. The topological polar surface area (TPSA) is 36.9 Å². The molecule has 0 saturated heterocycles. The molecule has 0 aliphatic carbocycles. The number of hydrogen-bond donors (Lipinski definition) is 0. The molecule has 1 aromatic carbocycles. The van der Waals surface area contributed by atoms with Gasteiger partial charge in [-0.1, -0.05) is 6.07 Å². The van der Waals surface area contributed by atoms with Gasteiger partial charge in [0.15, 0.2) is 6.26 Å². The molecular formula is C14H18O4. The molecule has 4 heteroatoms. The summed E-state index contributed by atoms with van der Waals surface area (Å²) in [6, 6.07) is 8.58. The van der Waals surface area contributed by atoms with Crippen molar-refractivity contribution in [1.29, 1.82) is 0 Å². The van der Waals surface area contributed by atoms with Crippen molar-refractivity contribution in [2.75, 3.05) is 40.6 Å². The van der Waals surface area contributed by atoms with Gasteiger partial charge in [0.1, 0.15) is 12.4 Å². The summed E-state index contributed by atoms with van der Waals surface area (Å²) in [7, 11) is 3.20. The first-order chi connectivity index (χ1) is 8.86. The van der Waals surface area contributed by atoms with E-state index in [1.54, 1.807) is 26.4 Å². The summed E-state index contributed by atoms with van der Waals surface area (Å²) in [5.74, 6) is 0.764. The summed E-state index contributed by atoms with van der Waals surface area (Å²) in [5.41, 5.74) is 0.889. The molecule has 4 nitrogen and oxygen atoms in total. The van der Waals surface area contributed by atoms with Crippen LogP contribution >= 0.6 is 0 Å². The number of methoxy groups -OCH3 is 2. The highest BCUT2D eigenvalue weighted by atomic mass is 16.5. The first-order valence-electron chi connectivity index (χ1n) is 5.69. The maximum Gasteiger partial charge on any atom is 0.161 e. The Kier molecular flexibility index (Phi) is 7.68. The van der Waals surface area contributed by atoms with Gasteiger partial charge >= 0.3 is 0 Å². The van der Waals surface area contributed by atoms with Crippen molar-refractivity contribution in [1.82, 2.24) is 0 Å². The van der Waals surface area contributed by atoms with E-state index >= 15 is 0 Å². The van der Waals surface area contributed by atoms with Crippen molar-refractivity contribution in [3.05, 3.63) is 36.1 Å². The second kappa shape index (κ2) is 9.50. The predicted octanol–water partition coefficient (Wildman–Crippen LogP) is 1.95. The molecule has 0 unspecified atom stereocenters. The zero-order valence-electron chi connectivity index (χ0n) is 10.8. The molecule has 1 rings (SSSR count). The van der Waals surface area contributed by atoms with Crippen molar-refractivity contribution < 1.29 is 18.9 Å². The predicted molar refractivity (Wildman–Crippen MR) is 68.2 cm³/mol. The molecule has 0 heterocycles. The second-order valence-electron chi connectivity index (χ2n) is 3.40. The molecule has 0 aromatic heterocycles. The number of hydrogen-bond acceptors (Lipinski definition) is 4. The zero-order chi connectivity index (χ0) is 13.1. The quantitative estimate of drug-likeness (QED) is 0.496. The highest BCUT2D eigenvalue weighted by molar-refractivity contribution is 5.47. The molecule has 0 bridgehead atoms. The van der Waals surface area contributed by atoms with Crippen LogP contribution in [0.2, 0.25) is 0 Å². The fourth-order valence-corrected chi connectivity index (χ4v) is 1.19. The Hall–Kier alpha value is -1.52. The maximum absolute atomic E-state index is 5.48. The smallest absolute Gasteiger partial charge is 0.161 e. The molecule has 0 saturated carbocycles. The summed E-state index contributed by atoms with van der Waals surface area (Å²) in [4.78, 5) is 0. The summed E-state index contributed by atoms with van der Waals surface area (Å²) >= 11 is 0. The minimum atomic E-state index is 0.511. The Morgan fingerprint density at radius 3 is 2.67 bits per heavy atom. The maximum atomic E-state index is 5.48. The molecule has 18 heavy (non-hydrogen) atoms. The van der Waals surface area contributed by atoms with Crippen LogP contribution in [0.25, 0.3) is 6.08 Å². The molecule has 0 aliphatic rings. The second-order valence-corrected chi connectivity index (χ2v) is 3.40. The van der Waals surface area contributed by atoms with Crippen LogP contribution in [0.5, 0.6) is 5.75 Å². The van der Waals surface area contributed by atoms with Gasteiger partial charge in [-0.3, -0.25) is 0 Å². The van der Waals surface area contributed by atoms with Gasteiger partial charge in [0.25, 0.3) is 0 Å². The highest BCUT2D eigenvalue weighted by Crippen LogP contribution is 2.12. The average molecular weight is 250 g/mol. The van der Waals surface area contributed by atoms with Crippen LogP contribution in [-0.4, -0.2) is 40.6 Å². The van der Waals surface area contributed by atoms with Gasteiger partial charge in [-0.15, -0.1) is 0 Å². The van der Waals surface area contributed by atoms with E-state index < -0.39 is 0 Å². The fourth-order valence-electron chi connectivity index (χ4n) is 1.19. The van der Waals surface area contributed by atoms with E-state index in [0.717, 1.165) is 11.3 Å². The molecule has 0 spiro atoms. The van der Waals surface area contributed by atoms with Crippen LogP contribution in [0.3, 0.4) is 0 Å². The first-order valence-corrected chi connectivity index (χ1v) is 5.69. The molecular weight excluding hydrogens is 232 g/mol. The minimum Gasteiger partial charge on any atom is -0.493 e. The number of rotatable bonds is 9. The van der Waals surface area contributed by atoms with Crippen molar-refractivity contribution in [3.63, 3.8) is 0 Å². The lowest BCUT2D eigenvalue weighted by molar-refractivity contribution is 0.0544. The Balaban J connectivity index is 2.20. The van der Waals surface area contributed by atoms with Crippen LogP contribution in [0.4, 0.5) is 0 Å². The van der Waals surface area contributed by atoms with Crippen molar-refractivity contribution >= 4 is 6.08 Å². The SMILES string of the molecule is CO[C]=Cc1[c]cc(OCCOCCOC)cc1. The summed E-state index contributed by atoms with van der Waals surface area (Å²) in [5, 5.41) is 0. The Labute approximate surface area is 108 Å². The van der Waals surface area contributed by atoms with Crippen LogP contribution in [0, 0.1) is 12.3 Å². The van der Waals surface area contributed by atoms with Gasteiger partial charge < -0.3 is 18.9 Å². The van der Waals surface area contributed by atoms with Crippen LogP contribution in [0.15, 0.2) is 18.2 Å². The van der Waals surface area contributed by atoms with Gasteiger partial charge in [0.2, 0.25) is 0 Å². The first kappa shape index (κ1) is 14.5. The van der Waals surface area contributed by atoms with E-state index in [2.05, 4.69) is 12.3 Å². The van der Waals surface area contributed by atoms with Crippen molar-refractivity contribution in [2.24, 2.45) is 0 Å². The average Bonchev–Trinajstić information content (AvgIpc) is 2.42. The number of ether oxygens (including phenoxy) is 4. The molecule has 0 aliphatic heterocycles. The van der Waals surface area contributed by atoms with E-state index in [4.69, 9.17) is 18.9 Å². The van der Waals surface area contributed by atoms with E-state index in [0.29, 0.717) is 26.4 Å². The van der Waals surface area contributed by atoms with Crippen molar-refractivity contribution in [2.45, 2.75) is 0 Å². The normalized spacial score (nSPS) is 10.8. The van der Waals surface area contributed by atoms with Gasteiger partial charge in [-0.25, -0.2) is 0 Å². The van der Waals surface area contributed by atoms with Gasteiger partial charge in [0, 0.05) is 7.11 Å². The third-order valence-electron chi connectivity index (χ3n) is 2.07. The van der Waals surface area contributed by atoms with Gasteiger partial charge in [-0.2, -0.15) is 0 Å². The Bertz CT molecular complexity index is 332. The molecule has 0 amide bonds. The number of benzene rings is 1. The molecule has 98 valence electrons. The van der Waals surface area contributed by atoms with E-state index in [9.17, 15) is 0 Å². The highest BCUT2D eigenvalue weighted by Gasteiger charge is 1.94.